The molecule has 2 N–H and O–H groups in total. The number of methoxy groups -OCH3 is 1. The summed E-state index contributed by atoms with van der Waals surface area (Å²) < 4.78 is 6.54. The highest BCUT2D eigenvalue weighted by Gasteiger charge is 2.24. The quantitative estimate of drug-likeness (QED) is 0.833. The number of hydrogen-bond donors (Lipinski definition) is 2. The van der Waals surface area contributed by atoms with Gasteiger partial charge in [-0.3, -0.25) is 4.68 Å². The number of rotatable bonds is 4. The predicted octanol–water partition coefficient (Wildman–Crippen LogP) is 2.08. The van der Waals surface area contributed by atoms with E-state index in [9.17, 15) is 9.59 Å². The molecule has 1 aromatic heterocycles. The van der Waals surface area contributed by atoms with Gasteiger partial charge in [-0.25, -0.2) is 9.59 Å². The summed E-state index contributed by atoms with van der Waals surface area (Å²) >= 11 is 0. The van der Waals surface area contributed by atoms with Crippen LogP contribution in [0.2, 0.25) is 0 Å². The Labute approximate surface area is 146 Å². The minimum absolute atomic E-state index is 0.000787. The summed E-state index contributed by atoms with van der Waals surface area (Å²) in [5, 5.41) is 10.2. The average Bonchev–Trinajstić information content (AvgIpc) is 3.02. The second-order valence-corrected chi connectivity index (χ2v) is 6.13. The van der Waals surface area contributed by atoms with Crippen LogP contribution in [0.1, 0.15) is 46.1 Å². The standard InChI is InChI=1S/C18H22N4O3/c1-22-16-5-3-4-15(14(16)11-20-22)21-18(24)19-10-12-6-8-13(9-7-12)17(23)25-2/h6-9,11,15H,3-5,10H2,1-2H3,(H2,19,21,24)/t15-/m0/s1. The van der Waals surface area contributed by atoms with Gasteiger partial charge in [-0.1, -0.05) is 12.1 Å². The van der Waals surface area contributed by atoms with E-state index in [1.807, 2.05) is 17.9 Å². The summed E-state index contributed by atoms with van der Waals surface area (Å²) in [6, 6.07) is 6.75. The summed E-state index contributed by atoms with van der Waals surface area (Å²) in [5.41, 5.74) is 3.69. The van der Waals surface area contributed by atoms with Crippen LogP contribution in [0.4, 0.5) is 4.79 Å². The molecule has 7 heteroatoms. The van der Waals surface area contributed by atoms with Gasteiger partial charge < -0.3 is 15.4 Å². The zero-order chi connectivity index (χ0) is 17.8. The average molecular weight is 342 g/mol. The van der Waals surface area contributed by atoms with Crippen molar-refractivity contribution in [2.24, 2.45) is 7.05 Å². The lowest BCUT2D eigenvalue weighted by Gasteiger charge is -2.24. The molecular weight excluding hydrogens is 320 g/mol. The Morgan fingerprint density at radius 3 is 2.80 bits per heavy atom. The molecule has 0 radical (unpaired) electrons. The van der Waals surface area contributed by atoms with Crippen LogP contribution in [0.25, 0.3) is 0 Å². The Morgan fingerprint density at radius 1 is 1.32 bits per heavy atom. The number of nitrogens with zero attached hydrogens (tertiary/aromatic N) is 2. The van der Waals surface area contributed by atoms with Crippen LogP contribution in [0, 0.1) is 0 Å². The van der Waals surface area contributed by atoms with Gasteiger partial charge in [-0.15, -0.1) is 0 Å². The Bertz CT molecular complexity index is 767. The van der Waals surface area contributed by atoms with Gasteiger partial charge >= 0.3 is 12.0 Å². The fourth-order valence-electron chi connectivity index (χ4n) is 3.12. The Kier molecular flexibility index (Phi) is 5.02. The molecule has 1 aliphatic carbocycles. The molecule has 1 aliphatic rings. The zero-order valence-electron chi connectivity index (χ0n) is 14.4. The number of amides is 2. The molecule has 1 atom stereocenters. The van der Waals surface area contributed by atoms with E-state index < -0.39 is 0 Å². The Balaban J connectivity index is 1.54. The monoisotopic (exact) mass is 342 g/mol. The van der Waals surface area contributed by atoms with Gasteiger partial charge in [0, 0.05) is 24.8 Å². The summed E-state index contributed by atoms with van der Waals surface area (Å²) in [7, 11) is 3.28. The normalized spacial score (nSPS) is 16.0. The smallest absolute Gasteiger partial charge is 0.337 e. The first-order chi connectivity index (χ1) is 12.1. The van der Waals surface area contributed by atoms with Gasteiger partial charge in [0.1, 0.15) is 0 Å². The van der Waals surface area contributed by atoms with Crippen molar-refractivity contribution >= 4 is 12.0 Å². The molecule has 2 aromatic rings. The lowest BCUT2D eigenvalue weighted by atomic mass is 9.93. The number of fused-ring (bicyclic) bond motifs is 1. The maximum atomic E-state index is 12.2. The number of benzene rings is 1. The number of carbonyl (C=O) groups excluding carboxylic acids is 2. The molecule has 0 fully saturated rings. The highest BCUT2D eigenvalue weighted by Crippen LogP contribution is 2.28. The van der Waals surface area contributed by atoms with Gasteiger partial charge in [-0.2, -0.15) is 5.10 Å². The van der Waals surface area contributed by atoms with Crippen LogP contribution in [-0.4, -0.2) is 28.9 Å². The van der Waals surface area contributed by atoms with E-state index in [-0.39, 0.29) is 18.0 Å². The number of esters is 1. The fraction of sp³-hybridized carbons (Fsp3) is 0.389. The van der Waals surface area contributed by atoms with Crippen LogP contribution >= 0.6 is 0 Å². The van der Waals surface area contributed by atoms with Crippen LogP contribution in [0.15, 0.2) is 30.5 Å². The first kappa shape index (κ1) is 17.0. The second-order valence-electron chi connectivity index (χ2n) is 6.13. The van der Waals surface area contributed by atoms with E-state index in [2.05, 4.69) is 20.5 Å². The lowest BCUT2D eigenvalue weighted by Crippen LogP contribution is -2.38. The number of aromatic nitrogens is 2. The fourth-order valence-corrected chi connectivity index (χ4v) is 3.12. The SMILES string of the molecule is COC(=O)c1ccc(CNC(=O)N[C@H]2CCCc3c2cnn3C)cc1. The minimum atomic E-state index is -0.373. The van der Waals surface area contributed by atoms with Crippen molar-refractivity contribution in [3.63, 3.8) is 0 Å². The van der Waals surface area contributed by atoms with Crippen molar-refractivity contribution in [1.82, 2.24) is 20.4 Å². The molecule has 2 amide bonds. The summed E-state index contributed by atoms with van der Waals surface area (Å²) in [6.07, 6.45) is 4.79. The minimum Gasteiger partial charge on any atom is -0.465 e. The third-order valence-electron chi connectivity index (χ3n) is 4.51. The van der Waals surface area contributed by atoms with Gasteiger partial charge in [-0.05, 0) is 37.0 Å². The topological polar surface area (TPSA) is 85.2 Å². The van der Waals surface area contributed by atoms with Crippen molar-refractivity contribution in [1.29, 1.82) is 0 Å². The molecule has 25 heavy (non-hydrogen) atoms. The van der Waals surface area contributed by atoms with Crippen molar-refractivity contribution < 1.29 is 14.3 Å². The summed E-state index contributed by atoms with van der Waals surface area (Å²) in [4.78, 5) is 23.6. The molecule has 0 saturated carbocycles. The number of ether oxygens (including phenoxy) is 1. The molecule has 1 aromatic carbocycles. The second kappa shape index (κ2) is 7.38. The highest BCUT2D eigenvalue weighted by molar-refractivity contribution is 5.89. The molecule has 1 heterocycles. The molecule has 0 aliphatic heterocycles. The maximum Gasteiger partial charge on any atom is 0.337 e. The maximum absolute atomic E-state index is 12.2. The first-order valence-electron chi connectivity index (χ1n) is 8.31. The van der Waals surface area contributed by atoms with Gasteiger partial charge in [0.25, 0.3) is 0 Å². The van der Waals surface area contributed by atoms with E-state index in [1.54, 1.807) is 24.3 Å². The van der Waals surface area contributed by atoms with Crippen LogP contribution in [0.5, 0.6) is 0 Å². The lowest BCUT2D eigenvalue weighted by molar-refractivity contribution is 0.0600. The van der Waals surface area contributed by atoms with Crippen molar-refractivity contribution in [3.05, 3.63) is 52.8 Å². The highest BCUT2D eigenvalue weighted by atomic mass is 16.5. The zero-order valence-corrected chi connectivity index (χ0v) is 14.4. The number of urea groups is 1. The molecule has 0 unspecified atom stereocenters. The summed E-state index contributed by atoms with van der Waals surface area (Å²) in [5.74, 6) is -0.373. The van der Waals surface area contributed by atoms with Crippen molar-refractivity contribution in [2.45, 2.75) is 31.8 Å². The molecule has 0 bridgehead atoms. The van der Waals surface area contributed by atoms with Gasteiger partial charge in [0.2, 0.25) is 0 Å². The predicted molar refractivity (Wildman–Crippen MR) is 92.0 cm³/mol. The summed E-state index contributed by atoms with van der Waals surface area (Å²) in [6.45, 7) is 0.389. The number of carbonyl (C=O) groups is 2. The van der Waals surface area contributed by atoms with Crippen molar-refractivity contribution in [2.75, 3.05) is 7.11 Å². The third kappa shape index (κ3) is 3.81. The van der Waals surface area contributed by atoms with E-state index in [4.69, 9.17) is 0 Å². The van der Waals surface area contributed by atoms with Gasteiger partial charge in [0.05, 0.1) is 24.9 Å². The van der Waals surface area contributed by atoms with Gasteiger partial charge in [0.15, 0.2) is 0 Å². The van der Waals surface area contributed by atoms with E-state index >= 15 is 0 Å². The van der Waals surface area contributed by atoms with E-state index in [0.717, 1.165) is 30.4 Å². The third-order valence-corrected chi connectivity index (χ3v) is 4.51. The van der Waals surface area contributed by atoms with E-state index in [0.29, 0.717) is 12.1 Å². The van der Waals surface area contributed by atoms with Crippen molar-refractivity contribution in [3.8, 4) is 0 Å². The van der Waals surface area contributed by atoms with E-state index in [1.165, 1.54) is 12.8 Å². The number of aryl methyl sites for hydroxylation is 1. The number of nitrogens with one attached hydrogen (secondary N) is 2. The Morgan fingerprint density at radius 2 is 2.08 bits per heavy atom. The van der Waals surface area contributed by atoms with Crippen LogP contribution < -0.4 is 10.6 Å². The van der Waals surface area contributed by atoms with Crippen LogP contribution in [0.3, 0.4) is 0 Å². The van der Waals surface area contributed by atoms with Crippen LogP contribution in [-0.2, 0) is 24.8 Å². The largest absolute Gasteiger partial charge is 0.465 e. The molecule has 3 rings (SSSR count). The Hall–Kier alpha value is -2.83. The molecule has 0 spiro atoms. The molecule has 132 valence electrons. The molecule has 0 saturated heterocycles. The molecular formula is C18H22N4O3. The molecule has 7 nitrogen and oxygen atoms in total. The number of hydrogen-bond acceptors (Lipinski definition) is 4. The first-order valence-corrected chi connectivity index (χ1v) is 8.31.